The van der Waals surface area contributed by atoms with Gasteiger partial charge in [0.05, 0.1) is 12.4 Å². The zero-order valence-electron chi connectivity index (χ0n) is 13.0. The quantitative estimate of drug-likeness (QED) is 0.836. The number of carbonyl (C=O) groups excluding carboxylic acids is 1. The van der Waals surface area contributed by atoms with E-state index in [9.17, 15) is 4.79 Å². The van der Waals surface area contributed by atoms with Crippen LogP contribution in [0.2, 0.25) is 5.15 Å². The smallest absolute Gasteiger partial charge is 0.410 e. The van der Waals surface area contributed by atoms with Crippen LogP contribution in [0.15, 0.2) is 12.4 Å². The zero-order valence-corrected chi connectivity index (χ0v) is 13.7. The van der Waals surface area contributed by atoms with Gasteiger partial charge in [-0.15, -0.1) is 0 Å². The second-order valence-electron chi connectivity index (χ2n) is 6.88. The summed E-state index contributed by atoms with van der Waals surface area (Å²) < 4.78 is 11.3. The molecule has 2 aliphatic rings. The zero-order chi connectivity index (χ0) is 15.9. The summed E-state index contributed by atoms with van der Waals surface area (Å²) in [4.78, 5) is 21.9. The molecular formula is C15H20ClN3O3. The highest BCUT2D eigenvalue weighted by atomic mass is 35.5. The number of rotatable bonds is 2. The number of nitrogens with zero attached hydrogens (tertiary/aromatic N) is 3. The summed E-state index contributed by atoms with van der Waals surface area (Å²) in [5.41, 5.74) is -0.467. The molecular weight excluding hydrogens is 306 g/mol. The van der Waals surface area contributed by atoms with Crippen LogP contribution in [0, 0.1) is 11.8 Å². The van der Waals surface area contributed by atoms with Gasteiger partial charge in [-0.2, -0.15) is 4.98 Å². The largest absolute Gasteiger partial charge is 0.473 e. The minimum absolute atomic E-state index is 0.0604. The van der Waals surface area contributed by atoms with E-state index in [1.165, 1.54) is 6.20 Å². The van der Waals surface area contributed by atoms with Crippen LogP contribution in [0.25, 0.3) is 0 Å². The van der Waals surface area contributed by atoms with E-state index in [1.807, 2.05) is 20.8 Å². The number of hydrogen-bond acceptors (Lipinski definition) is 5. The van der Waals surface area contributed by atoms with Crippen LogP contribution in [0.4, 0.5) is 4.79 Å². The number of fused-ring (bicyclic) bond motifs is 1. The van der Waals surface area contributed by atoms with Gasteiger partial charge in [0.2, 0.25) is 5.88 Å². The standard InChI is InChI=1S/C15H20ClN3O3/c1-15(2,3)22-14(20)19-7-9-4-11(10(9)8-19)21-13-6-17-5-12(16)18-13/h5-6,9-11H,4,7-8H2,1-3H3. The third kappa shape index (κ3) is 3.27. The average Bonchev–Trinajstić information content (AvgIpc) is 2.72. The van der Waals surface area contributed by atoms with Crippen molar-refractivity contribution in [3.8, 4) is 5.88 Å². The Hall–Kier alpha value is -1.56. The van der Waals surface area contributed by atoms with E-state index in [2.05, 4.69) is 9.97 Å². The molecule has 1 aromatic heterocycles. The summed E-state index contributed by atoms with van der Waals surface area (Å²) >= 11 is 5.80. The Morgan fingerprint density at radius 2 is 2.14 bits per heavy atom. The van der Waals surface area contributed by atoms with E-state index in [0.717, 1.165) is 13.0 Å². The first-order valence-electron chi connectivity index (χ1n) is 7.44. The Labute approximate surface area is 134 Å². The lowest BCUT2D eigenvalue weighted by atomic mass is 9.73. The van der Waals surface area contributed by atoms with Gasteiger partial charge < -0.3 is 14.4 Å². The summed E-state index contributed by atoms with van der Waals surface area (Å²) in [6.45, 7) is 7.02. The maximum atomic E-state index is 12.1. The summed E-state index contributed by atoms with van der Waals surface area (Å²) in [5.74, 6) is 1.24. The minimum Gasteiger partial charge on any atom is -0.473 e. The molecule has 0 N–H and O–H groups in total. The maximum absolute atomic E-state index is 12.1. The van der Waals surface area contributed by atoms with Gasteiger partial charge in [-0.3, -0.25) is 4.98 Å². The first-order chi connectivity index (χ1) is 10.3. The second-order valence-corrected chi connectivity index (χ2v) is 7.27. The van der Waals surface area contributed by atoms with Crippen molar-refractivity contribution in [3.63, 3.8) is 0 Å². The molecule has 0 bridgehead atoms. The predicted octanol–water partition coefficient (Wildman–Crippen LogP) is 2.76. The first kappa shape index (κ1) is 15.3. The molecule has 1 saturated heterocycles. The molecule has 120 valence electrons. The van der Waals surface area contributed by atoms with E-state index < -0.39 is 5.60 Å². The van der Waals surface area contributed by atoms with Crippen LogP contribution in [-0.4, -0.2) is 45.8 Å². The number of hydrogen-bond donors (Lipinski definition) is 0. The number of carbonyl (C=O) groups is 1. The lowest BCUT2D eigenvalue weighted by Gasteiger charge is -2.38. The molecule has 7 heteroatoms. The second kappa shape index (κ2) is 5.57. The molecule has 2 heterocycles. The number of amides is 1. The van der Waals surface area contributed by atoms with Crippen LogP contribution in [-0.2, 0) is 4.74 Å². The number of likely N-dealkylation sites (tertiary alicyclic amines) is 1. The number of ether oxygens (including phenoxy) is 2. The number of aromatic nitrogens is 2. The van der Waals surface area contributed by atoms with Crippen molar-refractivity contribution >= 4 is 17.7 Å². The van der Waals surface area contributed by atoms with Crippen LogP contribution in [0.5, 0.6) is 5.88 Å². The monoisotopic (exact) mass is 325 g/mol. The number of halogens is 1. The molecule has 2 fully saturated rings. The Kier molecular flexibility index (Phi) is 3.89. The molecule has 22 heavy (non-hydrogen) atoms. The van der Waals surface area contributed by atoms with E-state index in [4.69, 9.17) is 21.1 Å². The van der Waals surface area contributed by atoms with Crippen molar-refractivity contribution in [1.29, 1.82) is 0 Å². The Bertz CT molecular complexity index is 575. The van der Waals surface area contributed by atoms with Gasteiger partial charge in [-0.05, 0) is 33.1 Å². The molecule has 3 unspecified atom stereocenters. The summed E-state index contributed by atoms with van der Waals surface area (Å²) in [5, 5.41) is 0.315. The summed E-state index contributed by atoms with van der Waals surface area (Å²) in [7, 11) is 0. The molecule has 1 saturated carbocycles. The van der Waals surface area contributed by atoms with Crippen molar-refractivity contribution in [2.24, 2.45) is 11.8 Å². The highest BCUT2D eigenvalue weighted by Gasteiger charge is 2.50. The van der Waals surface area contributed by atoms with Gasteiger partial charge in [0.25, 0.3) is 0 Å². The topological polar surface area (TPSA) is 64.5 Å². The van der Waals surface area contributed by atoms with E-state index in [0.29, 0.717) is 29.4 Å². The average molecular weight is 326 g/mol. The predicted molar refractivity (Wildman–Crippen MR) is 80.9 cm³/mol. The van der Waals surface area contributed by atoms with E-state index >= 15 is 0 Å². The van der Waals surface area contributed by atoms with Crippen molar-refractivity contribution in [2.75, 3.05) is 13.1 Å². The first-order valence-corrected chi connectivity index (χ1v) is 7.82. The Balaban J connectivity index is 1.56. The van der Waals surface area contributed by atoms with Gasteiger partial charge in [-0.1, -0.05) is 11.6 Å². The van der Waals surface area contributed by atoms with Gasteiger partial charge >= 0.3 is 6.09 Å². The fraction of sp³-hybridized carbons (Fsp3) is 0.667. The molecule has 0 spiro atoms. The molecule has 0 aromatic carbocycles. The Morgan fingerprint density at radius 3 is 2.82 bits per heavy atom. The fourth-order valence-corrected chi connectivity index (χ4v) is 3.13. The van der Waals surface area contributed by atoms with Gasteiger partial charge in [0.1, 0.15) is 11.7 Å². The lowest BCUT2D eigenvalue weighted by molar-refractivity contribution is 0.0123. The highest BCUT2D eigenvalue weighted by molar-refractivity contribution is 6.29. The summed E-state index contributed by atoms with van der Waals surface area (Å²) in [6.07, 6.45) is 3.75. The van der Waals surface area contributed by atoms with Crippen molar-refractivity contribution in [2.45, 2.75) is 38.9 Å². The molecule has 1 amide bonds. The van der Waals surface area contributed by atoms with Gasteiger partial charge in [-0.25, -0.2) is 4.79 Å². The lowest BCUT2D eigenvalue weighted by Crippen LogP contribution is -2.44. The summed E-state index contributed by atoms with van der Waals surface area (Å²) in [6, 6.07) is 0. The van der Waals surface area contributed by atoms with Crippen molar-refractivity contribution < 1.29 is 14.3 Å². The Morgan fingerprint density at radius 1 is 1.36 bits per heavy atom. The molecule has 1 aliphatic heterocycles. The SMILES string of the molecule is CC(C)(C)OC(=O)N1CC2CC(Oc3cncc(Cl)n3)C2C1. The maximum Gasteiger partial charge on any atom is 0.410 e. The normalized spacial score (nSPS) is 27.1. The van der Waals surface area contributed by atoms with Crippen LogP contribution < -0.4 is 4.74 Å². The van der Waals surface area contributed by atoms with Gasteiger partial charge in [0, 0.05) is 19.0 Å². The fourth-order valence-electron chi connectivity index (χ4n) is 2.99. The minimum atomic E-state index is -0.467. The van der Waals surface area contributed by atoms with Crippen molar-refractivity contribution in [3.05, 3.63) is 17.5 Å². The third-order valence-electron chi connectivity index (χ3n) is 4.01. The highest BCUT2D eigenvalue weighted by Crippen LogP contribution is 2.43. The molecule has 1 aliphatic carbocycles. The molecule has 6 nitrogen and oxygen atoms in total. The van der Waals surface area contributed by atoms with E-state index in [-0.39, 0.29) is 12.2 Å². The van der Waals surface area contributed by atoms with Crippen molar-refractivity contribution in [1.82, 2.24) is 14.9 Å². The van der Waals surface area contributed by atoms with Crippen LogP contribution in [0.1, 0.15) is 27.2 Å². The molecule has 0 radical (unpaired) electrons. The molecule has 3 atom stereocenters. The molecule has 3 rings (SSSR count). The molecule has 1 aromatic rings. The third-order valence-corrected chi connectivity index (χ3v) is 4.19. The van der Waals surface area contributed by atoms with Crippen LogP contribution in [0.3, 0.4) is 0 Å². The van der Waals surface area contributed by atoms with E-state index in [1.54, 1.807) is 11.1 Å². The van der Waals surface area contributed by atoms with Gasteiger partial charge in [0.15, 0.2) is 5.15 Å². The van der Waals surface area contributed by atoms with Crippen LogP contribution >= 0.6 is 11.6 Å².